The maximum atomic E-state index is 11.6. The normalized spacial score (nSPS) is 12.0. The molecule has 1 heterocycles. The summed E-state index contributed by atoms with van der Waals surface area (Å²) in [4.78, 5) is 15.7. The summed E-state index contributed by atoms with van der Waals surface area (Å²) in [6.07, 6.45) is 5.22. The molecule has 0 radical (unpaired) electrons. The van der Waals surface area contributed by atoms with E-state index in [-0.39, 0.29) is 11.2 Å². The highest BCUT2D eigenvalue weighted by atomic mass is 16.1. The average molecular weight is 203 g/mol. The number of ketones is 1. The highest BCUT2D eigenvalue weighted by Gasteiger charge is 2.17. The van der Waals surface area contributed by atoms with Crippen molar-refractivity contribution >= 4 is 11.9 Å². The van der Waals surface area contributed by atoms with E-state index in [9.17, 15) is 4.79 Å². The van der Waals surface area contributed by atoms with Crippen molar-refractivity contribution in [2.75, 3.05) is 0 Å². The van der Waals surface area contributed by atoms with Gasteiger partial charge in [0.25, 0.3) is 0 Å². The molecular formula is C13H17NO. The average Bonchev–Trinajstić information content (AvgIpc) is 2.12. The van der Waals surface area contributed by atoms with E-state index in [1.54, 1.807) is 12.3 Å². The van der Waals surface area contributed by atoms with Gasteiger partial charge in [0.1, 0.15) is 0 Å². The van der Waals surface area contributed by atoms with Gasteiger partial charge in [0.05, 0.1) is 0 Å². The SMILES string of the molecule is Cc1cc(C=CC(=O)C(C)(C)C)ccn1. The maximum Gasteiger partial charge on any atom is 0.161 e. The Morgan fingerprint density at radius 3 is 2.60 bits per heavy atom. The fourth-order valence-corrected chi connectivity index (χ4v) is 1.09. The number of aryl methyl sites for hydroxylation is 1. The Morgan fingerprint density at radius 1 is 1.40 bits per heavy atom. The summed E-state index contributed by atoms with van der Waals surface area (Å²) in [5.74, 6) is 0.136. The van der Waals surface area contributed by atoms with Gasteiger partial charge >= 0.3 is 0 Å². The molecule has 15 heavy (non-hydrogen) atoms. The summed E-state index contributed by atoms with van der Waals surface area (Å²) in [5.41, 5.74) is 1.67. The minimum Gasteiger partial charge on any atom is -0.294 e. The first-order chi connectivity index (χ1) is 6.89. The van der Waals surface area contributed by atoms with Crippen LogP contribution in [0.1, 0.15) is 32.0 Å². The van der Waals surface area contributed by atoms with Gasteiger partial charge in [0.15, 0.2) is 5.78 Å². The first-order valence-corrected chi connectivity index (χ1v) is 5.05. The molecule has 0 aromatic carbocycles. The predicted octanol–water partition coefficient (Wildman–Crippen LogP) is 3.02. The number of rotatable bonds is 2. The van der Waals surface area contributed by atoms with Gasteiger partial charge in [-0.15, -0.1) is 0 Å². The van der Waals surface area contributed by atoms with Crippen LogP contribution in [0.5, 0.6) is 0 Å². The highest BCUT2D eigenvalue weighted by molar-refractivity contribution is 5.97. The lowest BCUT2D eigenvalue weighted by molar-refractivity contribution is -0.121. The van der Waals surface area contributed by atoms with Crippen LogP contribution in [-0.4, -0.2) is 10.8 Å². The molecule has 0 saturated heterocycles. The van der Waals surface area contributed by atoms with E-state index in [2.05, 4.69) is 4.98 Å². The van der Waals surface area contributed by atoms with Gasteiger partial charge in [0.2, 0.25) is 0 Å². The summed E-state index contributed by atoms with van der Waals surface area (Å²) >= 11 is 0. The van der Waals surface area contributed by atoms with Gasteiger partial charge in [-0.1, -0.05) is 26.8 Å². The molecule has 1 rings (SSSR count). The molecule has 0 aliphatic carbocycles. The van der Waals surface area contributed by atoms with Crippen LogP contribution in [-0.2, 0) is 4.79 Å². The van der Waals surface area contributed by atoms with Crippen LogP contribution in [0.2, 0.25) is 0 Å². The van der Waals surface area contributed by atoms with E-state index < -0.39 is 0 Å². The minimum atomic E-state index is -0.307. The molecule has 0 aliphatic rings. The van der Waals surface area contributed by atoms with Crippen molar-refractivity contribution in [3.8, 4) is 0 Å². The third kappa shape index (κ3) is 3.66. The second kappa shape index (κ2) is 4.39. The molecule has 0 spiro atoms. The quantitative estimate of drug-likeness (QED) is 0.691. The zero-order chi connectivity index (χ0) is 11.5. The first kappa shape index (κ1) is 11.6. The Labute approximate surface area is 91.0 Å². The van der Waals surface area contributed by atoms with Crippen LogP contribution in [0.25, 0.3) is 6.08 Å². The maximum absolute atomic E-state index is 11.6. The molecule has 0 amide bonds. The summed E-state index contributed by atoms with van der Waals surface area (Å²) < 4.78 is 0. The number of allylic oxidation sites excluding steroid dienone is 1. The second-order valence-corrected chi connectivity index (χ2v) is 4.68. The molecule has 0 fully saturated rings. The van der Waals surface area contributed by atoms with Crippen molar-refractivity contribution in [3.05, 3.63) is 35.7 Å². The lowest BCUT2D eigenvalue weighted by Crippen LogP contribution is -2.17. The fourth-order valence-electron chi connectivity index (χ4n) is 1.09. The molecule has 0 N–H and O–H groups in total. The Bertz CT molecular complexity index is 386. The smallest absolute Gasteiger partial charge is 0.161 e. The number of nitrogens with zero attached hydrogens (tertiary/aromatic N) is 1. The van der Waals surface area contributed by atoms with Gasteiger partial charge in [0, 0.05) is 17.3 Å². The van der Waals surface area contributed by atoms with Gasteiger partial charge in [-0.05, 0) is 30.7 Å². The van der Waals surface area contributed by atoms with Gasteiger partial charge in [-0.3, -0.25) is 9.78 Å². The molecule has 0 saturated carbocycles. The minimum absolute atomic E-state index is 0.136. The molecule has 80 valence electrons. The van der Waals surface area contributed by atoms with Crippen LogP contribution < -0.4 is 0 Å². The number of carbonyl (C=O) groups is 1. The molecule has 1 aromatic rings. The number of aromatic nitrogens is 1. The van der Waals surface area contributed by atoms with E-state index in [4.69, 9.17) is 0 Å². The number of pyridine rings is 1. The third-order valence-corrected chi connectivity index (χ3v) is 2.09. The van der Waals surface area contributed by atoms with Crippen LogP contribution in [0.15, 0.2) is 24.4 Å². The first-order valence-electron chi connectivity index (χ1n) is 5.05. The zero-order valence-corrected chi connectivity index (χ0v) is 9.74. The topological polar surface area (TPSA) is 30.0 Å². The van der Waals surface area contributed by atoms with Crippen molar-refractivity contribution in [1.82, 2.24) is 4.98 Å². The largest absolute Gasteiger partial charge is 0.294 e. The van der Waals surface area contributed by atoms with Crippen molar-refractivity contribution in [3.63, 3.8) is 0 Å². The van der Waals surface area contributed by atoms with Crippen molar-refractivity contribution in [1.29, 1.82) is 0 Å². The molecule has 0 aliphatic heterocycles. The molecule has 0 atom stereocenters. The van der Waals surface area contributed by atoms with E-state index in [1.807, 2.05) is 45.9 Å². The van der Waals surface area contributed by atoms with Crippen molar-refractivity contribution in [2.24, 2.45) is 5.41 Å². The van der Waals surface area contributed by atoms with E-state index >= 15 is 0 Å². The van der Waals surface area contributed by atoms with E-state index in [0.717, 1.165) is 11.3 Å². The standard InChI is InChI=1S/C13H17NO/c1-10-9-11(7-8-14-10)5-6-12(15)13(2,3)4/h5-9H,1-4H3. The summed E-state index contributed by atoms with van der Waals surface area (Å²) in [5, 5.41) is 0. The van der Waals surface area contributed by atoms with Gasteiger partial charge in [-0.2, -0.15) is 0 Å². The summed E-state index contributed by atoms with van der Waals surface area (Å²) in [6, 6.07) is 3.84. The molecular weight excluding hydrogens is 186 g/mol. The summed E-state index contributed by atoms with van der Waals surface area (Å²) in [7, 11) is 0. The molecule has 1 aromatic heterocycles. The van der Waals surface area contributed by atoms with Crippen molar-refractivity contribution < 1.29 is 4.79 Å². The Kier molecular flexibility index (Phi) is 3.40. The Hall–Kier alpha value is -1.44. The van der Waals surface area contributed by atoms with E-state index in [1.165, 1.54) is 0 Å². The molecule has 0 bridgehead atoms. The zero-order valence-electron chi connectivity index (χ0n) is 9.74. The number of hydrogen-bond donors (Lipinski definition) is 0. The number of hydrogen-bond acceptors (Lipinski definition) is 2. The van der Waals surface area contributed by atoms with Crippen LogP contribution >= 0.6 is 0 Å². The molecule has 0 unspecified atom stereocenters. The Balaban J connectivity index is 2.79. The lowest BCUT2D eigenvalue weighted by Gasteiger charge is -2.12. The van der Waals surface area contributed by atoms with Crippen LogP contribution in [0.3, 0.4) is 0 Å². The highest BCUT2D eigenvalue weighted by Crippen LogP contribution is 2.16. The van der Waals surface area contributed by atoms with Crippen LogP contribution in [0.4, 0.5) is 0 Å². The fraction of sp³-hybridized carbons (Fsp3) is 0.385. The van der Waals surface area contributed by atoms with Gasteiger partial charge in [-0.25, -0.2) is 0 Å². The predicted molar refractivity (Wildman–Crippen MR) is 62.5 cm³/mol. The monoisotopic (exact) mass is 203 g/mol. The van der Waals surface area contributed by atoms with E-state index in [0.29, 0.717) is 0 Å². The Morgan fingerprint density at radius 2 is 2.07 bits per heavy atom. The van der Waals surface area contributed by atoms with Crippen LogP contribution in [0, 0.1) is 12.3 Å². The van der Waals surface area contributed by atoms with Crippen molar-refractivity contribution in [2.45, 2.75) is 27.7 Å². The molecule has 2 nitrogen and oxygen atoms in total. The third-order valence-electron chi connectivity index (χ3n) is 2.09. The second-order valence-electron chi connectivity index (χ2n) is 4.68. The summed E-state index contributed by atoms with van der Waals surface area (Å²) in [6.45, 7) is 7.68. The molecule has 2 heteroatoms. The van der Waals surface area contributed by atoms with Gasteiger partial charge < -0.3 is 0 Å². The number of carbonyl (C=O) groups excluding carboxylic acids is 1. The lowest BCUT2D eigenvalue weighted by atomic mass is 9.90.